The Balaban J connectivity index is 1.75. The summed E-state index contributed by atoms with van der Waals surface area (Å²) in [4.78, 5) is 18.6. The molecule has 3 heterocycles. The lowest BCUT2D eigenvalue weighted by Gasteiger charge is -2.31. The second-order valence-corrected chi connectivity index (χ2v) is 5.85. The summed E-state index contributed by atoms with van der Waals surface area (Å²) in [6.45, 7) is 5.64. The van der Waals surface area contributed by atoms with E-state index in [4.69, 9.17) is 4.74 Å². The fraction of sp³-hybridized carbons (Fsp3) is 0.562. The van der Waals surface area contributed by atoms with E-state index in [1.807, 2.05) is 6.07 Å². The second-order valence-electron chi connectivity index (χ2n) is 5.85. The van der Waals surface area contributed by atoms with Crippen molar-refractivity contribution in [1.82, 2.24) is 19.5 Å². The summed E-state index contributed by atoms with van der Waals surface area (Å²) in [5.74, 6) is 1.11. The maximum Gasteiger partial charge on any atom is 0.339 e. The van der Waals surface area contributed by atoms with Crippen LogP contribution in [-0.4, -0.2) is 52.2 Å². The summed E-state index contributed by atoms with van der Waals surface area (Å²) in [7, 11) is 1.38. The van der Waals surface area contributed by atoms with Gasteiger partial charge in [-0.15, -0.1) is 0 Å². The molecule has 1 aliphatic heterocycles. The van der Waals surface area contributed by atoms with Crippen LogP contribution in [0.5, 0.6) is 0 Å². The van der Waals surface area contributed by atoms with Gasteiger partial charge in [-0.05, 0) is 44.0 Å². The Morgan fingerprint density at radius 1 is 1.45 bits per heavy atom. The number of carbonyl (C=O) groups is 1. The van der Waals surface area contributed by atoms with Gasteiger partial charge in [-0.2, -0.15) is 5.10 Å². The van der Waals surface area contributed by atoms with Crippen molar-refractivity contribution < 1.29 is 9.53 Å². The second kappa shape index (κ2) is 6.44. The summed E-state index contributed by atoms with van der Waals surface area (Å²) in [6, 6.07) is 3.53. The zero-order valence-electron chi connectivity index (χ0n) is 13.2. The summed E-state index contributed by atoms with van der Waals surface area (Å²) in [5.41, 5.74) is 1.26. The van der Waals surface area contributed by atoms with Gasteiger partial charge in [-0.1, -0.05) is 6.92 Å². The number of hydrogen-bond donors (Lipinski definition) is 0. The van der Waals surface area contributed by atoms with E-state index in [0.29, 0.717) is 11.5 Å². The average Bonchev–Trinajstić information content (AvgIpc) is 2.95. The van der Waals surface area contributed by atoms with Crippen LogP contribution < -0.4 is 0 Å². The minimum absolute atomic E-state index is 0.357. The molecule has 0 aromatic carbocycles. The number of fused-ring (bicyclic) bond motifs is 1. The SMILES string of the molecule is CCN1CCCC(Cc2nc3ccc(C(=O)OC)cn3n2)C1. The number of likely N-dealkylation sites (tertiary alicyclic amines) is 1. The van der Waals surface area contributed by atoms with E-state index in [1.54, 1.807) is 16.8 Å². The highest BCUT2D eigenvalue weighted by molar-refractivity contribution is 5.89. The largest absolute Gasteiger partial charge is 0.465 e. The molecule has 1 fully saturated rings. The predicted octanol–water partition coefficient (Wildman–Crippen LogP) is 1.79. The van der Waals surface area contributed by atoms with E-state index in [-0.39, 0.29) is 5.97 Å². The number of rotatable bonds is 4. The van der Waals surface area contributed by atoms with Crippen molar-refractivity contribution in [3.05, 3.63) is 29.7 Å². The summed E-state index contributed by atoms with van der Waals surface area (Å²) >= 11 is 0. The third kappa shape index (κ3) is 3.11. The minimum atomic E-state index is -0.357. The zero-order chi connectivity index (χ0) is 15.5. The number of methoxy groups -OCH3 is 1. The monoisotopic (exact) mass is 302 g/mol. The fourth-order valence-electron chi connectivity index (χ4n) is 3.12. The average molecular weight is 302 g/mol. The van der Waals surface area contributed by atoms with Gasteiger partial charge in [0.25, 0.3) is 0 Å². The Morgan fingerprint density at radius 3 is 3.09 bits per heavy atom. The smallest absolute Gasteiger partial charge is 0.339 e. The molecule has 2 aromatic rings. The van der Waals surface area contributed by atoms with Gasteiger partial charge in [0.2, 0.25) is 0 Å². The number of pyridine rings is 1. The Kier molecular flexibility index (Phi) is 4.38. The zero-order valence-corrected chi connectivity index (χ0v) is 13.2. The fourth-order valence-corrected chi connectivity index (χ4v) is 3.12. The molecule has 118 valence electrons. The first kappa shape index (κ1) is 15.0. The van der Waals surface area contributed by atoms with E-state index in [9.17, 15) is 4.79 Å². The molecule has 1 aliphatic rings. The van der Waals surface area contributed by atoms with Gasteiger partial charge in [0.05, 0.1) is 12.7 Å². The molecule has 0 saturated carbocycles. The van der Waals surface area contributed by atoms with Crippen LogP contribution in [0, 0.1) is 5.92 Å². The maximum absolute atomic E-state index is 11.6. The van der Waals surface area contributed by atoms with Crippen LogP contribution >= 0.6 is 0 Å². The van der Waals surface area contributed by atoms with Crippen molar-refractivity contribution >= 4 is 11.6 Å². The first-order chi connectivity index (χ1) is 10.7. The molecule has 0 radical (unpaired) electrons. The molecule has 0 aliphatic carbocycles. The van der Waals surface area contributed by atoms with Gasteiger partial charge in [0.1, 0.15) is 0 Å². The third-order valence-electron chi connectivity index (χ3n) is 4.32. The van der Waals surface area contributed by atoms with Gasteiger partial charge in [-0.3, -0.25) is 0 Å². The van der Waals surface area contributed by atoms with Crippen molar-refractivity contribution in [3.8, 4) is 0 Å². The quantitative estimate of drug-likeness (QED) is 0.806. The van der Waals surface area contributed by atoms with Crippen LogP contribution in [0.4, 0.5) is 0 Å². The molecule has 6 heteroatoms. The third-order valence-corrected chi connectivity index (χ3v) is 4.32. The van der Waals surface area contributed by atoms with E-state index >= 15 is 0 Å². The van der Waals surface area contributed by atoms with E-state index in [2.05, 4.69) is 21.9 Å². The molecule has 0 spiro atoms. The summed E-state index contributed by atoms with van der Waals surface area (Å²) in [6.07, 6.45) is 5.06. The standard InChI is InChI=1S/C16H22N4O2/c1-3-19-8-4-5-12(10-19)9-14-17-15-7-6-13(16(21)22-2)11-20(15)18-14/h6-7,11-12H,3-5,8-10H2,1-2H3. The highest BCUT2D eigenvalue weighted by atomic mass is 16.5. The van der Waals surface area contributed by atoms with Gasteiger partial charge >= 0.3 is 5.97 Å². The van der Waals surface area contributed by atoms with Crippen LogP contribution in [0.2, 0.25) is 0 Å². The predicted molar refractivity (Wildman–Crippen MR) is 82.9 cm³/mol. The van der Waals surface area contributed by atoms with Crippen LogP contribution in [0.25, 0.3) is 5.65 Å². The molecule has 0 bridgehead atoms. The van der Waals surface area contributed by atoms with Crippen LogP contribution in [0.15, 0.2) is 18.3 Å². The van der Waals surface area contributed by atoms with Gasteiger partial charge in [0.15, 0.2) is 11.5 Å². The molecule has 2 aromatic heterocycles. The number of ether oxygens (including phenoxy) is 1. The highest BCUT2D eigenvalue weighted by Crippen LogP contribution is 2.19. The molecule has 1 atom stereocenters. The van der Waals surface area contributed by atoms with Crippen LogP contribution in [-0.2, 0) is 11.2 Å². The van der Waals surface area contributed by atoms with E-state index < -0.39 is 0 Å². The van der Waals surface area contributed by atoms with Gasteiger partial charge < -0.3 is 9.64 Å². The number of piperidine rings is 1. The van der Waals surface area contributed by atoms with Crippen LogP contribution in [0.3, 0.4) is 0 Å². The van der Waals surface area contributed by atoms with Crippen molar-refractivity contribution in [2.75, 3.05) is 26.7 Å². The number of carbonyl (C=O) groups excluding carboxylic acids is 1. The molecule has 3 rings (SSSR count). The van der Waals surface area contributed by atoms with Crippen molar-refractivity contribution in [2.24, 2.45) is 5.92 Å². The number of nitrogens with zero attached hydrogens (tertiary/aromatic N) is 4. The minimum Gasteiger partial charge on any atom is -0.465 e. The van der Waals surface area contributed by atoms with Crippen molar-refractivity contribution in [2.45, 2.75) is 26.2 Å². The normalized spacial score (nSPS) is 19.5. The number of aromatic nitrogens is 3. The molecular formula is C16H22N4O2. The molecule has 0 amide bonds. The van der Waals surface area contributed by atoms with Gasteiger partial charge in [-0.25, -0.2) is 14.3 Å². The molecule has 1 saturated heterocycles. The van der Waals surface area contributed by atoms with Gasteiger partial charge in [0, 0.05) is 19.2 Å². The summed E-state index contributed by atoms with van der Waals surface area (Å²) in [5, 5.41) is 4.51. The molecule has 6 nitrogen and oxygen atoms in total. The Bertz CT molecular complexity index is 667. The highest BCUT2D eigenvalue weighted by Gasteiger charge is 2.20. The lowest BCUT2D eigenvalue weighted by atomic mass is 9.94. The lowest BCUT2D eigenvalue weighted by molar-refractivity contribution is 0.0600. The molecule has 1 unspecified atom stereocenters. The van der Waals surface area contributed by atoms with E-state index in [0.717, 1.165) is 31.0 Å². The number of hydrogen-bond acceptors (Lipinski definition) is 5. The Morgan fingerprint density at radius 2 is 2.32 bits per heavy atom. The van der Waals surface area contributed by atoms with Crippen molar-refractivity contribution in [3.63, 3.8) is 0 Å². The molecule has 0 N–H and O–H groups in total. The van der Waals surface area contributed by atoms with Crippen molar-refractivity contribution in [1.29, 1.82) is 0 Å². The molecule has 22 heavy (non-hydrogen) atoms. The van der Waals surface area contributed by atoms with E-state index in [1.165, 1.54) is 26.5 Å². The Hall–Kier alpha value is -1.95. The first-order valence-electron chi connectivity index (χ1n) is 7.85. The summed E-state index contributed by atoms with van der Waals surface area (Å²) < 4.78 is 6.40. The van der Waals surface area contributed by atoms with Crippen LogP contribution in [0.1, 0.15) is 35.9 Å². The molecular weight excluding hydrogens is 280 g/mol. The maximum atomic E-state index is 11.6. The Labute approximate surface area is 130 Å². The number of esters is 1. The topological polar surface area (TPSA) is 59.7 Å². The lowest BCUT2D eigenvalue weighted by Crippen LogP contribution is -2.36. The first-order valence-corrected chi connectivity index (χ1v) is 7.85.